The molecule has 1 aliphatic rings. The maximum absolute atomic E-state index is 12.1. The summed E-state index contributed by atoms with van der Waals surface area (Å²) >= 11 is 0. The molecular formula is C13H25N3O2. The average molecular weight is 255 g/mol. The van der Waals surface area contributed by atoms with Crippen LogP contribution in [0.25, 0.3) is 0 Å². The van der Waals surface area contributed by atoms with Gasteiger partial charge in [-0.3, -0.25) is 14.5 Å². The van der Waals surface area contributed by atoms with Gasteiger partial charge in [-0.25, -0.2) is 0 Å². The van der Waals surface area contributed by atoms with Crippen molar-refractivity contribution in [2.75, 3.05) is 27.2 Å². The lowest BCUT2D eigenvalue weighted by Gasteiger charge is -2.25. The molecule has 1 saturated heterocycles. The van der Waals surface area contributed by atoms with Gasteiger partial charge in [-0.1, -0.05) is 13.8 Å². The molecule has 104 valence electrons. The molecule has 2 amide bonds. The van der Waals surface area contributed by atoms with Gasteiger partial charge in [0.2, 0.25) is 11.8 Å². The Bertz CT molecular complexity index is 305. The lowest BCUT2D eigenvalue weighted by Crippen LogP contribution is -2.46. The van der Waals surface area contributed by atoms with Crippen LogP contribution in [-0.4, -0.2) is 55.0 Å². The van der Waals surface area contributed by atoms with Crippen molar-refractivity contribution in [3.05, 3.63) is 0 Å². The van der Waals surface area contributed by atoms with Crippen LogP contribution in [0.3, 0.4) is 0 Å². The van der Waals surface area contributed by atoms with Gasteiger partial charge in [0.1, 0.15) is 0 Å². The molecule has 0 radical (unpaired) electrons. The maximum atomic E-state index is 12.1. The topological polar surface area (TPSA) is 52.7 Å². The third-order valence-electron chi connectivity index (χ3n) is 3.40. The molecule has 2 unspecified atom stereocenters. The fraction of sp³-hybridized carbons (Fsp3) is 0.846. The highest BCUT2D eigenvalue weighted by Crippen LogP contribution is 2.18. The minimum Gasteiger partial charge on any atom is -0.342 e. The molecule has 0 aromatic heterocycles. The Labute approximate surface area is 110 Å². The van der Waals surface area contributed by atoms with E-state index in [2.05, 4.69) is 5.32 Å². The molecule has 5 heteroatoms. The van der Waals surface area contributed by atoms with E-state index in [4.69, 9.17) is 0 Å². The Morgan fingerprint density at radius 3 is 2.67 bits per heavy atom. The van der Waals surface area contributed by atoms with Gasteiger partial charge < -0.3 is 10.2 Å². The fourth-order valence-electron chi connectivity index (χ4n) is 2.31. The van der Waals surface area contributed by atoms with Crippen LogP contribution in [0.4, 0.5) is 0 Å². The first kappa shape index (κ1) is 15.0. The van der Waals surface area contributed by atoms with E-state index in [1.54, 1.807) is 4.90 Å². The van der Waals surface area contributed by atoms with Crippen molar-refractivity contribution in [1.29, 1.82) is 0 Å². The van der Waals surface area contributed by atoms with Gasteiger partial charge in [0.25, 0.3) is 0 Å². The second-order valence-corrected chi connectivity index (χ2v) is 5.14. The van der Waals surface area contributed by atoms with E-state index < -0.39 is 0 Å². The Hall–Kier alpha value is -1.10. The summed E-state index contributed by atoms with van der Waals surface area (Å²) in [6.45, 7) is 5.41. The molecule has 5 nitrogen and oxygen atoms in total. The maximum Gasteiger partial charge on any atom is 0.226 e. The van der Waals surface area contributed by atoms with Crippen molar-refractivity contribution >= 4 is 11.8 Å². The summed E-state index contributed by atoms with van der Waals surface area (Å²) in [6, 6.07) is 0. The summed E-state index contributed by atoms with van der Waals surface area (Å²) in [6.07, 6.45) is 2.20. The van der Waals surface area contributed by atoms with E-state index in [0.29, 0.717) is 13.0 Å². The van der Waals surface area contributed by atoms with Crippen molar-refractivity contribution < 1.29 is 9.59 Å². The largest absolute Gasteiger partial charge is 0.342 e. The predicted octanol–water partition coefficient (Wildman–Crippen LogP) is 0.659. The molecule has 1 aliphatic heterocycles. The number of amides is 2. The number of nitrogens with one attached hydrogen (secondary N) is 1. The first-order valence-corrected chi connectivity index (χ1v) is 6.74. The van der Waals surface area contributed by atoms with Crippen LogP contribution >= 0.6 is 0 Å². The third kappa shape index (κ3) is 3.70. The van der Waals surface area contributed by atoms with Crippen LogP contribution in [0.2, 0.25) is 0 Å². The van der Waals surface area contributed by atoms with Gasteiger partial charge in [0, 0.05) is 19.5 Å². The van der Waals surface area contributed by atoms with Crippen molar-refractivity contribution in [2.45, 2.75) is 39.3 Å². The summed E-state index contributed by atoms with van der Waals surface area (Å²) in [7, 11) is 3.88. The second-order valence-electron chi connectivity index (χ2n) is 5.14. The minimum atomic E-state index is -0.182. The van der Waals surface area contributed by atoms with Crippen molar-refractivity contribution in [3.8, 4) is 0 Å². The van der Waals surface area contributed by atoms with E-state index in [1.165, 1.54) is 0 Å². The molecule has 0 aliphatic carbocycles. The molecule has 1 rings (SSSR count). The predicted molar refractivity (Wildman–Crippen MR) is 70.9 cm³/mol. The van der Waals surface area contributed by atoms with Gasteiger partial charge >= 0.3 is 0 Å². The zero-order chi connectivity index (χ0) is 13.7. The number of hydrogen-bond donors (Lipinski definition) is 1. The number of hydrogen-bond acceptors (Lipinski definition) is 3. The highest BCUT2D eigenvalue weighted by Gasteiger charge is 2.34. The lowest BCUT2D eigenvalue weighted by atomic mass is 10.1. The molecule has 18 heavy (non-hydrogen) atoms. The Morgan fingerprint density at radius 1 is 1.50 bits per heavy atom. The Kier molecular flexibility index (Phi) is 5.59. The fourth-order valence-corrected chi connectivity index (χ4v) is 2.31. The molecule has 0 aromatic carbocycles. The normalized spacial score (nSPS) is 21.5. The van der Waals surface area contributed by atoms with Crippen LogP contribution in [0.5, 0.6) is 0 Å². The highest BCUT2D eigenvalue weighted by atomic mass is 16.2. The van der Waals surface area contributed by atoms with E-state index in [1.807, 2.05) is 32.8 Å². The molecule has 0 spiro atoms. The molecule has 0 aromatic rings. The van der Waals surface area contributed by atoms with Crippen LogP contribution in [0, 0.1) is 5.92 Å². The van der Waals surface area contributed by atoms with Crippen LogP contribution in [0.1, 0.15) is 33.1 Å². The van der Waals surface area contributed by atoms with Crippen molar-refractivity contribution in [1.82, 2.24) is 15.1 Å². The zero-order valence-electron chi connectivity index (χ0n) is 11.9. The summed E-state index contributed by atoms with van der Waals surface area (Å²) in [4.78, 5) is 27.6. The van der Waals surface area contributed by atoms with E-state index >= 15 is 0 Å². The van der Waals surface area contributed by atoms with Crippen molar-refractivity contribution in [2.24, 2.45) is 5.92 Å². The summed E-state index contributed by atoms with van der Waals surface area (Å²) in [5.74, 6) is -0.0737. The number of rotatable bonds is 6. The smallest absolute Gasteiger partial charge is 0.226 e. The number of likely N-dealkylation sites (tertiary alicyclic amines) is 1. The summed E-state index contributed by atoms with van der Waals surface area (Å²) < 4.78 is 0. The minimum absolute atomic E-state index is 0.00232. The Balaban J connectivity index is 2.51. The van der Waals surface area contributed by atoms with Crippen molar-refractivity contribution in [3.63, 3.8) is 0 Å². The SMILES string of the molecule is CCCN1CC(C(=O)NC(CC)N(C)C)CC1=O. The van der Waals surface area contributed by atoms with Gasteiger partial charge in [-0.2, -0.15) is 0 Å². The van der Waals surface area contributed by atoms with Gasteiger partial charge in [0.05, 0.1) is 12.1 Å². The summed E-state index contributed by atoms with van der Waals surface area (Å²) in [5, 5.41) is 3.00. The average Bonchev–Trinajstić information content (AvgIpc) is 2.68. The standard InChI is InChI=1S/C13H25N3O2/c1-5-7-16-9-10(8-12(16)17)13(18)14-11(6-2)15(3)4/h10-11H,5-9H2,1-4H3,(H,14,18). The Morgan fingerprint density at radius 2 is 2.17 bits per heavy atom. The van der Waals surface area contributed by atoms with Crippen LogP contribution in [-0.2, 0) is 9.59 Å². The molecule has 1 N–H and O–H groups in total. The monoisotopic (exact) mass is 255 g/mol. The van der Waals surface area contributed by atoms with Gasteiger partial charge in [0.15, 0.2) is 0 Å². The molecule has 1 heterocycles. The molecule has 0 bridgehead atoms. The molecular weight excluding hydrogens is 230 g/mol. The van der Waals surface area contributed by atoms with Gasteiger partial charge in [-0.05, 0) is 26.9 Å². The number of carbonyl (C=O) groups excluding carboxylic acids is 2. The molecule has 2 atom stereocenters. The summed E-state index contributed by atoms with van der Waals surface area (Å²) in [5.41, 5.74) is 0. The quantitative estimate of drug-likeness (QED) is 0.709. The van der Waals surface area contributed by atoms with E-state index in [-0.39, 0.29) is 23.9 Å². The number of nitrogens with zero attached hydrogens (tertiary/aromatic N) is 2. The first-order valence-electron chi connectivity index (χ1n) is 6.74. The van der Waals surface area contributed by atoms with Gasteiger partial charge in [-0.15, -0.1) is 0 Å². The molecule has 1 fully saturated rings. The van der Waals surface area contributed by atoms with E-state index in [9.17, 15) is 9.59 Å². The highest BCUT2D eigenvalue weighted by molar-refractivity contribution is 5.89. The third-order valence-corrected chi connectivity index (χ3v) is 3.40. The molecule has 0 saturated carbocycles. The number of carbonyl (C=O) groups is 2. The lowest BCUT2D eigenvalue weighted by molar-refractivity contribution is -0.129. The second kappa shape index (κ2) is 6.73. The van der Waals surface area contributed by atoms with Crippen LogP contribution < -0.4 is 5.32 Å². The first-order chi connectivity index (χ1) is 8.49. The van der Waals surface area contributed by atoms with Crippen LogP contribution in [0.15, 0.2) is 0 Å². The van der Waals surface area contributed by atoms with E-state index in [0.717, 1.165) is 19.4 Å². The zero-order valence-corrected chi connectivity index (χ0v) is 11.9.